The molecule has 0 bridgehead atoms. The van der Waals surface area contributed by atoms with Crippen LogP contribution in [0.5, 0.6) is 0 Å². The van der Waals surface area contributed by atoms with Crippen LogP contribution in [0.25, 0.3) is 23.0 Å². The lowest BCUT2D eigenvalue weighted by atomic mass is 10.1. The highest BCUT2D eigenvalue weighted by Crippen LogP contribution is 2.33. The maximum Gasteiger partial charge on any atom is 0.293 e. The molecule has 0 amide bonds. The van der Waals surface area contributed by atoms with Gasteiger partial charge in [0.15, 0.2) is 5.76 Å². The van der Waals surface area contributed by atoms with Gasteiger partial charge in [0.2, 0.25) is 5.82 Å². The molecule has 28 heavy (non-hydrogen) atoms. The van der Waals surface area contributed by atoms with Crippen LogP contribution >= 0.6 is 0 Å². The topological polar surface area (TPSA) is 107 Å². The minimum absolute atomic E-state index is 0.0713. The van der Waals surface area contributed by atoms with Crippen molar-refractivity contribution in [2.45, 2.75) is 13.0 Å². The standard InChI is InChI=1S/C20H16N4O4/c1-13(14-6-3-2-4-7-14)21-16-10-9-15(12-17(16)24(25)26)20-22-19(23-28-20)18-8-5-11-27-18/h2-13,21H,1H3/t13-/m1/s1. The number of nitrogens with one attached hydrogen (secondary N) is 1. The van der Waals surface area contributed by atoms with Crippen LogP contribution in [0.15, 0.2) is 75.9 Å². The molecule has 2 aromatic carbocycles. The van der Waals surface area contributed by atoms with Gasteiger partial charge in [0.1, 0.15) is 5.69 Å². The van der Waals surface area contributed by atoms with Crippen LogP contribution in [0.3, 0.4) is 0 Å². The van der Waals surface area contributed by atoms with E-state index in [0.717, 1.165) is 5.56 Å². The van der Waals surface area contributed by atoms with E-state index in [4.69, 9.17) is 8.94 Å². The Kier molecular flexibility index (Phi) is 4.59. The number of anilines is 1. The minimum atomic E-state index is -0.437. The largest absolute Gasteiger partial charge is 0.461 e. The number of nitrogens with zero attached hydrogens (tertiary/aromatic N) is 3. The van der Waals surface area contributed by atoms with Crippen molar-refractivity contribution in [3.05, 3.63) is 82.6 Å². The zero-order valence-corrected chi connectivity index (χ0v) is 14.9. The van der Waals surface area contributed by atoms with Gasteiger partial charge in [0.25, 0.3) is 11.6 Å². The smallest absolute Gasteiger partial charge is 0.293 e. The first-order chi connectivity index (χ1) is 13.6. The average Bonchev–Trinajstić information content (AvgIpc) is 3.40. The number of rotatable bonds is 6. The predicted molar refractivity (Wildman–Crippen MR) is 103 cm³/mol. The monoisotopic (exact) mass is 376 g/mol. The summed E-state index contributed by atoms with van der Waals surface area (Å²) in [7, 11) is 0. The van der Waals surface area contributed by atoms with Gasteiger partial charge >= 0.3 is 0 Å². The SMILES string of the molecule is C[C@@H](Nc1ccc(-c2nc(-c3ccco3)no2)cc1[N+](=O)[O-])c1ccccc1. The fourth-order valence-corrected chi connectivity index (χ4v) is 2.84. The quantitative estimate of drug-likeness (QED) is 0.369. The van der Waals surface area contributed by atoms with Gasteiger partial charge in [-0.15, -0.1) is 0 Å². The highest BCUT2D eigenvalue weighted by Gasteiger charge is 2.20. The molecule has 0 radical (unpaired) electrons. The highest BCUT2D eigenvalue weighted by atomic mass is 16.6. The fourth-order valence-electron chi connectivity index (χ4n) is 2.84. The van der Waals surface area contributed by atoms with Crippen LogP contribution in [-0.4, -0.2) is 15.1 Å². The summed E-state index contributed by atoms with van der Waals surface area (Å²) >= 11 is 0. The number of furan rings is 1. The second kappa shape index (κ2) is 7.36. The van der Waals surface area contributed by atoms with E-state index in [1.807, 2.05) is 37.3 Å². The van der Waals surface area contributed by atoms with Crippen molar-refractivity contribution < 1.29 is 13.9 Å². The maximum atomic E-state index is 11.6. The molecule has 0 aliphatic heterocycles. The average molecular weight is 376 g/mol. The van der Waals surface area contributed by atoms with E-state index in [1.54, 1.807) is 24.3 Å². The van der Waals surface area contributed by atoms with E-state index < -0.39 is 4.92 Å². The summed E-state index contributed by atoms with van der Waals surface area (Å²) in [6, 6.07) is 17.8. The van der Waals surface area contributed by atoms with Gasteiger partial charge in [-0.3, -0.25) is 10.1 Å². The van der Waals surface area contributed by atoms with Gasteiger partial charge in [0, 0.05) is 17.7 Å². The Labute approximate surface area is 160 Å². The lowest BCUT2D eigenvalue weighted by Crippen LogP contribution is -2.08. The van der Waals surface area contributed by atoms with Gasteiger partial charge < -0.3 is 14.3 Å². The summed E-state index contributed by atoms with van der Waals surface area (Å²) in [6.07, 6.45) is 1.50. The van der Waals surface area contributed by atoms with Crippen LogP contribution < -0.4 is 5.32 Å². The minimum Gasteiger partial charge on any atom is -0.461 e. The Morgan fingerprint density at radius 1 is 1.11 bits per heavy atom. The Morgan fingerprint density at radius 3 is 2.64 bits per heavy atom. The third-order valence-corrected chi connectivity index (χ3v) is 4.28. The third kappa shape index (κ3) is 3.48. The molecule has 2 heterocycles. The second-order valence-corrected chi connectivity index (χ2v) is 6.17. The van der Waals surface area contributed by atoms with Crippen LogP contribution in [0.4, 0.5) is 11.4 Å². The number of benzene rings is 2. The third-order valence-electron chi connectivity index (χ3n) is 4.28. The van der Waals surface area contributed by atoms with Crippen molar-refractivity contribution in [3.8, 4) is 23.0 Å². The predicted octanol–water partition coefficient (Wildman–Crippen LogP) is 5.08. The Morgan fingerprint density at radius 2 is 1.93 bits per heavy atom. The molecule has 1 atom stereocenters. The fraction of sp³-hybridized carbons (Fsp3) is 0.100. The van der Waals surface area contributed by atoms with Crippen LogP contribution in [0.1, 0.15) is 18.5 Å². The van der Waals surface area contributed by atoms with Crippen LogP contribution in [0.2, 0.25) is 0 Å². The summed E-state index contributed by atoms with van der Waals surface area (Å²) < 4.78 is 10.5. The second-order valence-electron chi connectivity index (χ2n) is 6.17. The number of nitro groups is 1. The molecule has 1 N–H and O–H groups in total. The highest BCUT2D eigenvalue weighted by molar-refractivity contribution is 5.70. The van der Waals surface area contributed by atoms with Crippen molar-refractivity contribution in [3.63, 3.8) is 0 Å². The summed E-state index contributed by atoms with van der Waals surface area (Å²) in [5.41, 5.74) is 1.82. The molecule has 0 aliphatic rings. The van der Waals surface area contributed by atoms with E-state index >= 15 is 0 Å². The van der Waals surface area contributed by atoms with Crippen LogP contribution in [0, 0.1) is 10.1 Å². The zero-order valence-electron chi connectivity index (χ0n) is 14.9. The molecular formula is C20H16N4O4. The van der Waals surface area contributed by atoms with Gasteiger partial charge in [-0.1, -0.05) is 35.5 Å². The van der Waals surface area contributed by atoms with Crippen molar-refractivity contribution in [1.29, 1.82) is 0 Å². The molecule has 140 valence electrons. The maximum absolute atomic E-state index is 11.6. The van der Waals surface area contributed by atoms with Crippen molar-refractivity contribution in [2.24, 2.45) is 0 Å². The molecule has 4 aromatic rings. The van der Waals surface area contributed by atoms with Gasteiger partial charge in [-0.2, -0.15) is 4.98 Å². The summed E-state index contributed by atoms with van der Waals surface area (Å²) in [5, 5.41) is 18.6. The molecular weight excluding hydrogens is 360 g/mol. The van der Waals surface area contributed by atoms with Crippen molar-refractivity contribution in [1.82, 2.24) is 10.1 Å². The lowest BCUT2D eigenvalue weighted by Gasteiger charge is -2.15. The van der Waals surface area contributed by atoms with E-state index in [9.17, 15) is 10.1 Å². The zero-order chi connectivity index (χ0) is 19.5. The molecule has 0 saturated carbocycles. The summed E-state index contributed by atoms with van der Waals surface area (Å²) in [5.74, 6) is 0.916. The molecule has 0 unspecified atom stereocenters. The first kappa shape index (κ1) is 17.5. The molecule has 0 spiro atoms. The van der Waals surface area contributed by atoms with E-state index in [0.29, 0.717) is 17.0 Å². The summed E-state index contributed by atoms with van der Waals surface area (Å²) in [6.45, 7) is 1.95. The molecule has 4 rings (SSSR count). The summed E-state index contributed by atoms with van der Waals surface area (Å²) in [4.78, 5) is 15.4. The molecule has 0 aliphatic carbocycles. The molecule has 8 heteroatoms. The number of hydrogen-bond donors (Lipinski definition) is 1. The molecule has 8 nitrogen and oxygen atoms in total. The lowest BCUT2D eigenvalue weighted by molar-refractivity contribution is -0.383. The van der Waals surface area contributed by atoms with Crippen molar-refractivity contribution in [2.75, 3.05) is 5.32 Å². The first-order valence-electron chi connectivity index (χ1n) is 8.59. The van der Waals surface area contributed by atoms with E-state index in [1.165, 1.54) is 12.3 Å². The van der Waals surface area contributed by atoms with Crippen LogP contribution in [-0.2, 0) is 0 Å². The van der Waals surface area contributed by atoms with E-state index in [2.05, 4.69) is 15.5 Å². The Balaban J connectivity index is 1.63. The van der Waals surface area contributed by atoms with Gasteiger partial charge in [-0.25, -0.2) is 0 Å². The molecule has 2 aromatic heterocycles. The number of nitro benzene ring substituents is 1. The Hall–Kier alpha value is -3.94. The Bertz CT molecular complexity index is 1090. The number of hydrogen-bond acceptors (Lipinski definition) is 7. The molecule has 0 saturated heterocycles. The van der Waals surface area contributed by atoms with Gasteiger partial charge in [-0.05, 0) is 36.8 Å². The van der Waals surface area contributed by atoms with E-state index in [-0.39, 0.29) is 23.4 Å². The normalized spacial score (nSPS) is 11.9. The number of aromatic nitrogens is 2. The first-order valence-corrected chi connectivity index (χ1v) is 8.59. The van der Waals surface area contributed by atoms with Gasteiger partial charge in [0.05, 0.1) is 11.2 Å². The molecule has 0 fully saturated rings. The van der Waals surface area contributed by atoms with Crippen molar-refractivity contribution >= 4 is 11.4 Å².